The van der Waals surface area contributed by atoms with Crippen molar-refractivity contribution < 1.29 is 5.11 Å². The standard InChI is InChI=1S/C28H49NO/c1-18(2)8-7-9-19(3)22-10-11-23-26-21(17-29-6)25-16-20(30)12-14-28(25,5)24(26)13-15-27(22,23)4/h17-26,30H,7-16H2,1-6H3/t19-,20+,21?,22-,23?,24?,25?,26?,27-,28-/m1/s1. The minimum absolute atomic E-state index is 0.0836. The number of fused-ring (bicyclic) bond motifs is 5. The molecule has 4 rings (SSSR count). The molecule has 1 N–H and O–H groups in total. The van der Waals surface area contributed by atoms with Crippen molar-refractivity contribution in [2.75, 3.05) is 7.05 Å². The summed E-state index contributed by atoms with van der Waals surface area (Å²) in [6, 6.07) is 0. The van der Waals surface area contributed by atoms with E-state index in [4.69, 9.17) is 0 Å². The van der Waals surface area contributed by atoms with Gasteiger partial charge in [0, 0.05) is 19.2 Å². The lowest BCUT2D eigenvalue weighted by Gasteiger charge is -2.52. The molecule has 4 fully saturated rings. The molecule has 4 aliphatic rings. The molecule has 2 heteroatoms. The van der Waals surface area contributed by atoms with Gasteiger partial charge in [0.05, 0.1) is 6.10 Å². The van der Waals surface area contributed by atoms with E-state index in [0.717, 1.165) is 48.3 Å². The molecule has 30 heavy (non-hydrogen) atoms. The van der Waals surface area contributed by atoms with Crippen LogP contribution in [0, 0.1) is 58.2 Å². The Labute approximate surface area is 186 Å². The second-order valence-corrected chi connectivity index (χ2v) is 12.8. The normalized spacial score (nSPS) is 49.3. The molecule has 172 valence electrons. The lowest BCUT2D eigenvalue weighted by Crippen LogP contribution is -2.45. The first-order chi connectivity index (χ1) is 14.2. The summed E-state index contributed by atoms with van der Waals surface area (Å²) in [5.74, 6) is 6.39. The van der Waals surface area contributed by atoms with E-state index in [0.29, 0.717) is 22.7 Å². The highest BCUT2D eigenvalue weighted by molar-refractivity contribution is 5.63. The summed E-state index contributed by atoms with van der Waals surface area (Å²) in [5, 5.41) is 10.5. The van der Waals surface area contributed by atoms with Crippen LogP contribution in [-0.2, 0) is 0 Å². The van der Waals surface area contributed by atoms with Crippen LogP contribution in [0.15, 0.2) is 4.99 Å². The van der Waals surface area contributed by atoms with Crippen molar-refractivity contribution in [2.45, 2.75) is 105 Å². The number of aliphatic hydroxyl groups is 1. The Morgan fingerprint density at radius 2 is 1.63 bits per heavy atom. The van der Waals surface area contributed by atoms with E-state index in [2.05, 4.69) is 45.8 Å². The second kappa shape index (κ2) is 8.53. The van der Waals surface area contributed by atoms with Crippen LogP contribution in [0.1, 0.15) is 98.8 Å². The minimum Gasteiger partial charge on any atom is -0.393 e. The summed E-state index contributed by atoms with van der Waals surface area (Å²) < 4.78 is 0. The molecule has 0 amide bonds. The van der Waals surface area contributed by atoms with E-state index in [1.54, 1.807) is 0 Å². The molecule has 0 heterocycles. The topological polar surface area (TPSA) is 32.6 Å². The Bertz CT molecular complexity index is 628. The number of rotatable bonds is 6. The number of hydrogen-bond acceptors (Lipinski definition) is 2. The number of aliphatic imine (C=N–C) groups is 1. The first-order valence-corrected chi connectivity index (χ1v) is 13.3. The average Bonchev–Trinajstić information content (AvgIpc) is 3.15. The van der Waals surface area contributed by atoms with Gasteiger partial charge < -0.3 is 10.1 Å². The summed E-state index contributed by atoms with van der Waals surface area (Å²) in [6.45, 7) is 12.6. The predicted molar refractivity (Wildman–Crippen MR) is 128 cm³/mol. The van der Waals surface area contributed by atoms with Crippen LogP contribution in [-0.4, -0.2) is 24.5 Å². The Morgan fingerprint density at radius 1 is 0.933 bits per heavy atom. The third-order valence-electron chi connectivity index (χ3n) is 11.0. The van der Waals surface area contributed by atoms with E-state index in [1.165, 1.54) is 51.4 Å². The van der Waals surface area contributed by atoms with Gasteiger partial charge in [0.1, 0.15) is 0 Å². The van der Waals surface area contributed by atoms with Crippen molar-refractivity contribution >= 4 is 6.21 Å². The van der Waals surface area contributed by atoms with E-state index >= 15 is 0 Å². The van der Waals surface area contributed by atoms with Gasteiger partial charge in [0.15, 0.2) is 0 Å². The number of nitrogens with zero attached hydrogens (tertiary/aromatic N) is 1. The van der Waals surface area contributed by atoms with E-state index in [-0.39, 0.29) is 6.10 Å². The zero-order chi connectivity index (χ0) is 21.7. The molecule has 0 aliphatic heterocycles. The lowest BCUT2D eigenvalue weighted by molar-refractivity contribution is -0.0367. The van der Waals surface area contributed by atoms with Gasteiger partial charge in [0.2, 0.25) is 0 Å². The molecule has 0 spiro atoms. The molecular formula is C28H49NO. The van der Waals surface area contributed by atoms with Crippen molar-refractivity contribution in [1.82, 2.24) is 0 Å². The Morgan fingerprint density at radius 3 is 2.33 bits per heavy atom. The van der Waals surface area contributed by atoms with Crippen molar-refractivity contribution in [1.29, 1.82) is 0 Å². The smallest absolute Gasteiger partial charge is 0.0543 e. The molecule has 5 unspecified atom stereocenters. The van der Waals surface area contributed by atoms with Gasteiger partial charge in [-0.15, -0.1) is 0 Å². The van der Waals surface area contributed by atoms with Crippen molar-refractivity contribution in [3.05, 3.63) is 0 Å². The highest BCUT2D eigenvalue weighted by atomic mass is 16.3. The Hall–Kier alpha value is -0.370. The monoisotopic (exact) mass is 415 g/mol. The second-order valence-electron chi connectivity index (χ2n) is 12.8. The molecule has 0 radical (unpaired) electrons. The SMILES string of the molecule is CN=CC1C2C(CC[C@@]3(C)C2CC[C@@H]3[C@H](C)CCCC(C)C)[C@@]2(C)CC[C@H](O)CC12. The maximum absolute atomic E-state index is 10.5. The molecular weight excluding hydrogens is 366 g/mol. The summed E-state index contributed by atoms with van der Waals surface area (Å²) in [5.41, 5.74) is 0.957. The van der Waals surface area contributed by atoms with Gasteiger partial charge in [-0.1, -0.05) is 53.9 Å². The third kappa shape index (κ3) is 3.61. The fourth-order valence-corrected chi connectivity index (χ4v) is 9.57. The van der Waals surface area contributed by atoms with Crippen LogP contribution in [0.5, 0.6) is 0 Å². The molecule has 0 saturated heterocycles. The molecule has 2 nitrogen and oxygen atoms in total. The molecule has 0 aromatic carbocycles. The van der Waals surface area contributed by atoms with Gasteiger partial charge in [-0.05, 0) is 97.2 Å². The fourth-order valence-electron chi connectivity index (χ4n) is 9.57. The van der Waals surface area contributed by atoms with Crippen LogP contribution < -0.4 is 0 Å². The van der Waals surface area contributed by atoms with Crippen molar-refractivity contribution in [2.24, 2.45) is 63.2 Å². The van der Waals surface area contributed by atoms with E-state index in [1.807, 2.05) is 7.05 Å². The van der Waals surface area contributed by atoms with E-state index in [9.17, 15) is 5.11 Å². The minimum atomic E-state index is -0.0836. The van der Waals surface area contributed by atoms with E-state index < -0.39 is 0 Å². The van der Waals surface area contributed by atoms with Gasteiger partial charge in [-0.25, -0.2) is 0 Å². The zero-order valence-electron chi connectivity index (χ0n) is 20.7. The fraction of sp³-hybridized carbons (Fsp3) is 0.964. The highest BCUT2D eigenvalue weighted by Crippen LogP contribution is 2.71. The van der Waals surface area contributed by atoms with Crippen LogP contribution >= 0.6 is 0 Å². The van der Waals surface area contributed by atoms with Crippen LogP contribution in [0.3, 0.4) is 0 Å². The Kier molecular flexibility index (Phi) is 6.48. The van der Waals surface area contributed by atoms with Gasteiger partial charge >= 0.3 is 0 Å². The molecule has 4 saturated carbocycles. The largest absolute Gasteiger partial charge is 0.393 e. The highest BCUT2D eigenvalue weighted by Gasteiger charge is 2.66. The first kappa shape index (κ1) is 22.8. The molecule has 0 aromatic heterocycles. The van der Waals surface area contributed by atoms with Crippen LogP contribution in [0.2, 0.25) is 0 Å². The molecule has 4 aliphatic carbocycles. The summed E-state index contributed by atoms with van der Waals surface area (Å²) in [7, 11) is 1.97. The van der Waals surface area contributed by atoms with Crippen molar-refractivity contribution in [3.63, 3.8) is 0 Å². The van der Waals surface area contributed by atoms with Gasteiger partial charge in [0.25, 0.3) is 0 Å². The zero-order valence-corrected chi connectivity index (χ0v) is 20.7. The summed E-state index contributed by atoms with van der Waals surface area (Å²) in [6.07, 6.45) is 15.5. The Balaban J connectivity index is 1.57. The number of aliphatic hydroxyl groups excluding tert-OH is 1. The summed E-state index contributed by atoms with van der Waals surface area (Å²) in [4.78, 5) is 4.60. The van der Waals surface area contributed by atoms with Gasteiger partial charge in [-0.2, -0.15) is 0 Å². The quantitative estimate of drug-likeness (QED) is 0.465. The summed E-state index contributed by atoms with van der Waals surface area (Å²) >= 11 is 0. The van der Waals surface area contributed by atoms with Crippen LogP contribution in [0.4, 0.5) is 0 Å². The lowest BCUT2D eigenvalue weighted by atomic mass is 9.53. The van der Waals surface area contributed by atoms with Crippen LogP contribution in [0.25, 0.3) is 0 Å². The first-order valence-electron chi connectivity index (χ1n) is 13.3. The average molecular weight is 416 g/mol. The third-order valence-corrected chi connectivity index (χ3v) is 11.0. The number of hydrogen-bond donors (Lipinski definition) is 1. The van der Waals surface area contributed by atoms with Crippen molar-refractivity contribution in [3.8, 4) is 0 Å². The molecule has 10 atom stereocenters. The van der Waals surface area contributed by atoms with Gasteiger partial charge in [-0.3, -0.25) is 0 Å². The molecule has 0 aromatic rings. The maximum Gasteiger partial charge on any atom is 0.0543 e. The maximum atomic E-state index is 10.5. The molecule has 0 bridgehead atoms. The predicted octanol–water partition coefficient (Wildman–Crippen LogP) is 7.01.